The van der Waals surface area contributed by atoms with Gasteiger partial charge in [0.1, 0.15) is 35.5 Å². The fourth-order valence-corrected chi connectivity index (χ4v) is 10.8. The molecule has 1 aromatic heterocycles. The number of unbranched alkanes of at least 4 members (excludes halogenated alkanes) is 1. The highest BCUT2D eigenvalue weighted by molar-refractivity contribution is 7.09. The van der Waals surface area contributed by atoms with Gasteiger partial charge in [-0.2, -0.15) is 0 Å². The monoisotopic (exact) mass is 1290 g/mol. The van der Waals surface area contributed by atoms with Crippen LogP contribution in [0.25, 0.3) is 0 Å². The smallest absolute Gasteiger partial charge is 0.309 e. The van der Waals surface area contributed by atoms with Crippen molar-refractivity contribution in [2.24, 2.45) is 17.3 Å². The van der Waals surface area contributed by atoms with Crippen molar-refractivity contribution in [1.29, 1.82) is 0 Å². The molecule has 8 atom stereocenters. The summed E-state index contributed by atoms with van der Waals surface area (Å²) in [5.74, 6) is 1.00. The Balaban J connectivity index is 1.32. The normalized spacial score (nSPS) is 16.9. The van der Waals surface area contributed by atoms with Gasteiger partial charge in [0.15, 0.2) is 6.10 Å². The van der Waals surface area contributed by atoms with Crippen molar-refractivity contribution in [2.75, 3.05) is 58.3 Å². The molecule has 0 spiro atoms. The van der Waals surface area contributed by atoms with Crippen LogP contribution in [0.15, 0.2) is 29.6 Å². The number of likely N-dealkylation sites (tertiary alicyclic amines) is 1. The maximum Gasteiger partial charge on any atom is 0.309 e. The SMILES string of the molecule is C#CCCCON(C(=O)[C@@H](NC(=O)[C@H]1CCCCN1C)[C@@H](C)CC)[C@H](C[C@@H](OC(C)=O)c1nc(C(=O)N[C@@H](Cc2ccc(NC(=O)CNC(=O)CNC(=O)CNC(=O)CNC(=O)[C@H](C)NC(=O)COC3C#CCCCCC3)cc2)CC(C)(C)C(=O)O)cs1)C(C)C. The van der Waals surface area contributed by atoms with Crippen molar-refractivity contribution in [3.63, 3.8) is 0 Å². The van der Waals surface area contributed by atoms with E-state index in [4.69, 9.17) is 20.7 Å². The molecule has 27 heteroatoms. The Labute approximate surface area is 537 Å². The highest BCUT2D eigenvalue weighted by atomic mass is 32.1. The highest BCUT2D eigenvalue weighted by Gasteiger charge is 2.40. The predicted octanol–water partition coefficient (Wildman–Crippen LogP) is 3.45. The van der Waals surface area contributed by atoms with E-state index in [0.29, 0.717) is 43.4 Å². The molecule has 2 aliphatic rings. The first-order valence-corrected chi connectivity index (χ1v) is 32.0. The van der Waals surface area contributed by atoms with Crippen molar-refractivity contribution in [3.8, 4) is 24.2 Å². The number of carboxylic acid groups (broad SMARTS) is 1. The van der Waals surface area contributed by atoms with Gasteiger partial charge in [-0.1, -0.05) is 65.0 Å². The van der Waals surface area contributed by atoms with Crippen LogP contribution in [0.1, 0.15) is 166 Å². The number of thiazole rings is 1. The van der Waals surface area contributed by atoms with E-state index in [9.17, 15) is 57.8 Å². The third-order valence-electron chi connectivity index (χ3n) is 15.5. The summed E-state index contributed by atoms with van der Waals surface area (Å²) in [5, 5.41) is 33.7. The van der Waals surface area contributed by atoms with E-state index < -0.39 is 127 Å². The molecule has 9 amide bonds. The molecule has 0 bridgehead atoms. The predicted molar refractivity (Wildman–Crippen MR) is 339 cm³/mol. The van der Waals surface area contributed by atoms with Crippen LogP contribution in [-0.2, 0) is 68.7 Å². The summed E-state index contributed by atoms with van der Waals surface area (Å²) in [6.07, 6.45) is 12.7. The Morgan fingerprint density at radius 3 is 2.11 bits per heavy atom. The van der Waals surface area contributed by atoms with E-state index in [2.05, 4.69) is 65.3 Å². The molecule has 2 heterocycles. The van der Waals surface area contributed by atoms with Crippen molar-refractivity contribution in [3.05, 3.63) is 45.9 Å². The number of hydrogen-bond donors (Lipinski definition) is 9. The third-order valence-corrected chi connectivity index (χ3v) is 16.4. The average Bonchev–Trinajstić information content (AvgIpc) is 1.97. The minimum absolute atomic E-state index is 0.00349. The Kier molecular flexibility index (Phi) is 32.1. The quantitative estimate of drug-likeness (QED) is 0.0204. The van der Waals surface area contributed by atoms with E-state index in [1.807, 2.05) is 39.6 Å². The first-order chi connectivity index (χ1) is 43.2. The Morgan fingerprint density at radius 1 is 0.846 bits per heavy atom. The Morgan fingerprint density at radius 2 is 1.49 bits per heavy atom. The van der Waals surface area contributed by atoms with E-state index in [-0.39, 0.29) is 67.0 Å². The summed E-state index contributed by atoms with van der Waals surface area (Å²) in [6.45, 7) is 11.9. The summed E-state index contributed by atoms with van der Waals surface area (Å²) in [4.78, 5) is 156. The van der Waals surface area contributed by atoms with Crippen LogP contribution in [0.5, 0.6) is 0 Å². The molecule has 1 saturated heterocycles. The second-order valence-corrected chi connectivity index (χ2v) is 24.8. The van der Waals surface area contributed by atoms with E-state index in [0.717, 1.165) is 56.4 Å². The number of piperidine rings is 1. The maximum absolute atomic E-state index is 14.9. The first-order valence-electron chi connectivity index (χ1n) is 31.1. The number of benzene rings is 1. The topological polar surface area (TPSA) is 351 Å². The lowest BCUT2D eigenvalue weighted by atomic mass is 9.84. The number of nitrogens with zero attached hydrogens (tertiary/aromatic N) is 3. The summed E-state index contributed by atoms with van der Waals surface area (Å²) < 4.78 is 11.5. The lowest BCUT2D eigenvalue weighted by Crippen LogP contribution is -2.58. The first kappa shape index (κ1) is 75.5. The zero-order valence-corrected chi connectivity index (χ0v) is 54.7. The molecule has 9 N–H and O–H groups in total. The van der Waals surface area contributed by atoms with Crippen molar-refractivity contribution < 1.29 is 72.2 Å². The van der Waals surface area contributed by atoms with Crippen LogP contribution >= 0.6 is 11.3 Å². The highest BCUT2D eigenvalue weighted by Crippen LogP contribution is 2.33. The van der Waals surface area contributed by atoms with Gasteiger partial charge in [0.25, 0.3) is 11.8 Å². The molecule has 500 valence electrons. The number of ether oxygens (including phenoxy) is 2. The minimum atomic E-state index is -1.30. The number of aliphatic carboxylic acids is 1. The number of carboxylic acids is 1. The van der Waals surface area contributed by atoms with Gasteiger partial charge in [-0.3, -0.25) is 62.5 Å². The molecular weight excluding hydrogens is 1190 g/mol. The maximum atomic E-state index is 14.9. The molecule has 91 heavy (non-hydrogen) atoms. The lowest BCUT2D eigenvalue weighted by Gasteiger charge is -2.39. The summed E-state index contributed by atoms with van der Waals surface area (Å²) in [6, 6.07) is 2.68. The fourth-order valence-electron chi connectivity index (χ4n) is 9.96. The number of carbonyl (C=O) groups excluding carboxylic acids is 10. The van der Waals surface area contributed by atoms with Crippen molar-refractivity contribution >= 4 is 82.1 Å². The summed E-state index contributed by atoms with van der Waals surface area (Å²) >= 11 is 1.06. The number of amides is 9. The molecule has 1 aliphatic carbocycles. The summed E-state index contributed by atoms with van der Waals surface area (Å²) in [7, 11) is 1.89. The lowest BCUT2D eigenvalue weighted by molar-refractivity contribution is -0.213. The number of nitrogens with one attached hydrogen (secondary N) is 8. The van der Waals surface area contributed by atoms with Crippen molar-refractivity contribution in [1.82, 2.24) is 52.2 Å². The number of anilines is 1. The van der Waals surface area contributed by atoms with Crippen LogP contribution < -0.4 is 42.5 Å². The van der Waals surface area contributed by atoms with Gasteiger partial charge < -0.3 is 57.1 Å². The van der Waals surface area contributed by atoms with Gasteiger partial charge in [0.2, 0.25) is 41.4 Å². The number of aromatic nitrogens is 1. The van der Waals surface area contributed by atoms with Gasteiger partial charge in [-0.15, -0.1) is 29.6 Å². The Bertz CT molecular complexity index is 2920. The van der Waals surface area contributed by atoms with Crippen molar-refractivity contribution in [2.45, 2.75) is 188 Å². The molecule has 4 rings (SSSR count). The zero-order valence-electron chi connectivity index (χ0n) is 53.9. The van der Waals surface area contributed by atoms with Gasteiger partial charge in [0, 0.05) is 43.3 Å². The number of hydroxylamine groups is 2. The van der Waals surface area contributed by atoms with Crippen LogP contribution in [0, 0.1) is 41.4 Å². The number of rotatable bonds is 36. The molecule has 1 aromatic carbocycles. The molecule has 0 radical (unpaired) electrons. The second kappa shape index (κ2) is 38.7. The van der Waals surface area contributed by atoms with Gasteiger partial charge in [-0.25, -0.2) is 10.0 Å². The molecule has 26 nitrogen and oxygen atoms in total. The van der Waals surface area contributed by atoms with Crippen LogP contribution in [-0.4, -0.2) is 174 Å². The number of esters is 1. The van der Waals surface area contributed by atoms with E-state index >= 15 is 0 Å². The van der Waals surface area contributed by atoms with Crippen LogP contribution in [0.4, 0.5) is 5.69 Å². The Hall–Kier alpha value is -7.98. The minimum Gasteiger partial charge on any atom is -0.481 e. The number of likely N-dealkylation sites (N-methyl/N-ethyl adjacent to an activating group) is 1. The molecule has 1 aliphatic heterocycles. The molecular formula is C64H93N11O15S. The number of hydrogen-bond acceptors (Lipinski definition) is 17. The average molecular weight is 1290 g/mol. The molecule has 0 saturated carbocycles. The van der Waals surface area contributed by atoms with Gasteiger partial charge >= 0.3 is 11.9 Å². The van der Waals surface area contributed by atoms with E-state index in [1.54, 1.807) is 24.3 Å². The third kappa shape index (κ3) is 26.8. The zero-order chi connectivity index (χ0) is 67.2. The van der Waals surface area contributed by atoms with Gasteiger partial charge in [0.05, 0.1) is 50.3 Å². The standard InChI is InChI=1S/C64H93N11O15S/c1-11-13-21-30-89-75(62(85)57(41(5)12-2)73-60(84)49-24-19-20-29-74(49)10)50(40(3)4)32-51(90-43(7)76)61-72-48(39-91-61)59(83)71-46(33-64(8,9)63(86)87)31-44-25-27-45(28-26-44)70-55(80)37-67-53(78)35-65-52(77)34-66-54(79)36-68-58(82)42(6)69-56(81)38-88-47-22-17-15-14-16-18-23-47/h1,25-28,39-42,46-47,49-51,57H,12-17,19-22,24,29-38H2,2-10H3,(H,65,77)(H,66,79)(H,67,78)(H,68,82)(H,69,81)(H,70,80)(H,71,83)(H,73,84)(H,86,87)/t41-,42-,46-,47?,49+,50+,51+,57-/m0/s1. The fraction of sp³-hybridized carbons (Fsp3) is 0.625. The van der Waals surface area contributed by atoms with E-state index in [1.165, 1.54) is 38.1 Å². The second-order valence-electron chi connectivity index (χ2n) is 24.0. The summed E-state index contributed by atoms with van der Waals surface area (Å²) in [5.41, 5.74) is -0.327. The largest absolute Gasteiger partial charge is 0.481 e. The number of terminal acetylenes is 1. The molecule has 1 fully saturated rings. The van der Waals surface area contributed by atoms with Crippen LogP contribution in [0.3, 0.4) is 0 Å². The van der Waals surface area contributed by atoms with Crippen LogP contribution in [0.2, 0.25) is 0 Å². The van der Waals surface area contributed by atoms with Gasteiger partial charge in [-0.05, 0) is 115 Å². The molecule has 1 unspecified atom stereocenters. The molecule has 2 aromatic rings. The number of carbonyl (C=O) groups is 11.